The first kappa shape index (κ1) is 36.8. The number of rotatable bonds is 2. The van der Waals surface area contributed by atoms with Gasteiger partial charge in [-0.05, 0) is 125 Å². The second-order valence-corrected chi connectivity index (χ2v) is 20.7. The lowest BCUT2D eigenvalue weighted by atomic mass is 9.80. The number of fused-ring (bicyclic) bond motifs is 18. The van der Waals surface area contributed by atoms with Crippen molar-refractivity contribution in [3.8, 4) is 45.3 Å². The fourth-order valence-electron chi connectivity index (χ4n) is 11.6. The van der Waals surface area contributed by atoms with Crippen molar-refractivity contribution < 1.29 is 18.3 Å². The lowest BCUT2D eigenvalue weighted by Gasteiger charge is -2.34. The van der Waals surface area contributed by atoms with Crippen molar-refractivity contribution in [2.45, 2.75) is 29.6 Å². The fourth-order valence-corrected chi connectivity index (χ4v) is 12.5. The third kappa shape index (κ3) is 4.60. The molecule has 0 bridgehead atoms. The maximum absolute atomic E-state index is 7.13. The van der Waals surface area contributed by atoms with Gasteiger partial charge < -0.3 is 28.1 Å². The van der Waals surface area contributed by atoms with Crippen molar-refractivity contribution in [2.75, 3.05) is 9.80 Å². The number of benzene rings is 9. The lowest BCUT2D eigenvalue weighted by Crippen LogP contribution is -2.19. The van der Waals surface area contributed by atoms with Gasteiger partial charge in [0.05, 0.1) is 48.3 Å². The Balaban J connectivity index is 1.00. The first-order valence-electron chi connectivity index (χ1n) is 22.4. The molecule has 0 N–H and O–H groups in total. The summed E-state index contributed by atoms with van der Waals surface area (Å²) in [5.74, 6) is 3.27. The monoisotopic (exact) mass is 964 g/mol. The van der Waals surface area contributed by atoms with Crippen molar-refractivity contribution in [1.29, 1.82) is 0 Å². The molecule has 314 valence electrons. The summed E-state index contributed by atoms with van der Waals surface area (Å²) in [5, 5.41) is 4.32. The second-order valence-electron chi connectivity index (χ2n) is 18.6. The summed E-state index contributed by atoms with van der Waals surface area (Å²) in [5.41, 5.74) is 18.9. The van der Waals surface area contributed by atoms with Crippen LogP contribution in [0, 0.1) is 0 Å². The largest absolute Gasteiger partial charge is 0.455 e. The van der Waals surface area contributed by atoms with E-state index in [0.29, 0.717) is 0 Å². The average Bonchev–Trinajstić information content (AvgIpc) is 4.04. The number of nitrogens with zero attached hydrogens (tertiary/aromatic N) is 2. The van der Waals surface area contributed by atoms with Crippen molar-refractivity contribution >= 4 is 101 Å². The standard InChI is InChI=1S/C59H37IN2O4/c1-58(2)36-28-35-37(29-34(36)52-38(58)30-44(54-32-16-4-10-22-46(32)65-56(52)54)61-40-18-6-12-24-48(40)63-49-25-13-7-19-41(49)61)59(3,60)39-31-45(55-33-17-5-11-23-47(33)66-57(55)53(35)39)62-42-20-8-14-26-50(42)64-51-27-15-9-21-43(51)62/h4-31H,1-3H3. The van der Waals surface area contributed by atoms with Gasteiger partial charge in [-0.1, -0.05) is 121 Å². The molecule has 6 nitrogen and oxygen atoms in total. The van der Waals surface area contributed by atoms with E-state index in [1.165, 1.54) is 33.4 Å². The molecule has 2 aliphatic heterocycles. The quantitative estimate of drug-likeness (QED) is 0.127. The molecule has 0 saturated heterocycles. The molecule has 66 heavy (non-hydrogen) atoms. The van der Waals surface area contributed by atoms with Crippen LogP contribution in [0.15, 0.2) is 179 Å². The molecule has 7 heteroatoms. The molecular weight excluding hydrogens is 928 g/mol. The molecule has 1 atom stereocenters. The number of ether oxygens (including phenoxy) is 2. The van der Waals surface area contributed by atoms with Crippen LogP contribution < -0.4 is 19.3 Å². The van der Waals surface area contributed by atoms with E-state index in [1.807, 2.05) is 24.3 Å². The second kappa shape index (κ2) is 12.6. The number of furan rings is 2. The average molecular weight is 965 g/mol. The van der Waals surface area contributed by atoms with Crippen LogP contribution in [0.2, 0.25) is 0 Å². The molecule has 1 unspecified atom stereocenters. The molecule has 0 amide bonds. The van der Waals surface area contributed by atoms with Crippen molar-refractivity contribution in [2.24, 2.45) is 0 Å². The van der Waals surface area contributed by atoms with Gasteiger partial charge in [-0.15, -0.1) is 0 Å². The Hall–Kier alpha value is -7.49. The van der Waals surface area contributed by atoms with Crippen LogP contribution in [-0.4, -0.2) is 0 Å². The number of hydrogen-bond acceptors (Lipinski definition) is 6. The highest BCUT2D eigenvalue weighted by Gasteiger charge is 2.47. The van der Waals surface area contributed by atoms with Gasteiger partial charge in [-0.3, -0.25) is 0 Å². The minimum Gasteiger partial charge on any atom is -0.455 e. The van der Waals surface area contributed by atoms with Crippen LogP contribution in [0.4, 0.5) is 34.1 Å². The number of para-hydroxylation sites is 10. The van der Waals surface area contributed by atoms with Crippen LogP contribution in [0.25, 0.3) is 66.1 Å². The SMILES string of the molecule is CC1(C)c2cc3c(cc2-c2c1cc(N1c4ccccc4Oc4ccccc41)c1c2oc2ccccc21)C(C)(I)c1cc(N2c4ccccc4Oc4ccccc42)c2c(oc4ccccc42)c1-3. The Morgan fingerprint density at radius 1 is 0.394 bits per heavy atom. The molecule has 0 fully saturated rings. The number of hydrogen-bond donors (Lipinski definition) is 0. The van der Waals surface area contributed by atoms with E-state index in [-0.39, 0.29) is 0 Å². The molecule has 11 aromatic rings. The number of halogens is 1. The summed E-state index contributed by atoms with van der Waals surface area (Å²) in [4.78, 5) is 4.74. The van der Waals surface area contributed by atoms with Gasteiger partial charge in [-0.2, -0.15) is 0 Å². The highest BCUT2D eigenvalue weighted by molar-refractivity contribution is 14.1. The number of anilines is 6. The minimum absolute atomic E-state index is 0.397. The van der Waals surface area contributed by atoms with Crippen molar-refractivity contribution in [3.05, 3.63) is 192 Å². The van der Waals surface area contributed by atoms with E-state index < -0.39 is 8.84 Å². The summed E-state index contributed by atoms with van der Waals surface area (Å²) in [7, 11) is 0. The molecule has 9 aromatic carbocycles. The van der Waals surface area contributed by atoms with E-state index in [4.69, 9.17) is 18.3 Å². The van der Waals surface area contributed by atoms with Gasteiger partial charge in [0, 0.05) is 27.3 Å². The third-order valence-electron chi connectivity index (χ3n) is 14.7. The number of alkyl halides is 1. The van der Waals surface area contributed by atoms with Crippen LogP contribution in [-0.2, 0) is 8.84 Å². The molecule has 2 aliphatic carbocycles. The van der Waals surface area contributed by atoms with E-state index in [9.17, 15) is 0 Å². The van der Waals surface area contributed by atoms with Gasteiger partial charge in [0.15, 0.2) is 23.0 Å². The normalized spacial score (nSPS) is 16.8. The zero-order chi connectivity index (χ0) is 43.8. The topological polar surface area (TPSA) is 51.2 Å². The first-order chi connectivity index (χ1) is 32.3. The van der Waals surface area contributed by atoms with Crippen LogP contribution in [0.5, 0.6) is 23.0 Å². The van der Waals surface area contributed by atoms with E-state index in [0.717, 1.165) is 112 Å². The van der Waals surface area contributed by atoms with Crippen LogP contribution >= 0.6 is 22.6 Å². The summed E-state index contributed by atoms with van der Waals surface area (Å²) in [6, 6.07) is 60.0. The predicted octanol–water partition coefficient (Wildman–Crippen LogP) is 17.6. The third-order valence-corrected chi connectivity index (χ3v) is 15.8. The summed E-state index contributed by atoms with van der Waals surface area (Å²) in [6.45, 7) is 7.10. The zero-order valence-corrected chi connectivity index (χ0v) is 38.2. The molecule has 4 aliphatic rings. The Bertz CT molecular complexity index is 3640. The Morgan fingerprint density at radius 3 is 1.26 bits per heavy atom. The first-order valence-corrected chi connectivity index (χ1v) is 23.5. The van der Waals surface area contributed by atoms with Crippen LogP contribution in [0.1, 0.15) is 43.0 Å². The van der Waals surface area contributed by atoms with Crippen LogP contribution in [0.3, 0.4) is 0 Å². The maximum Gasteiger partial charge on any atom is 0.151 e. The van der Waals surface area contributed by atoms with Crippen molar-refractivity contribution in [1.82, 2.24) is 0 Å². The highest BCUT2D eigenvalue weighted by atomic mass is 127. The van der Waals surface area contributed by atoms with Gasteiger partial charge in [0.25, 0.3) is 0 Å². The zero-order valence-electron chi connectivity index (χ0n) is 36.1. The molecule has 2 aromatic heterocycles. The summed E-state index contributed by atoms with van der Waals surface area (Å²) < 4.78 is 26.9. The van der Waals surface area contributed by atoms with Crippen molar-refractivity contribution in [3.63, 3.8) is 0 Å². The molecular formula is C59H37IN2O4. The Labute approximate surface area is 393 Å². The van der Waals surface area contributed by atoms with Gasteiger partial charge in [0.2, 0.25) is 0 Å². The Morgan fingerprint density at radius 2 is 0.773 bits per heavy atom. The Kier molecular flexibility index (Phi) is 7.05. The minimum atomic E-state index is -0.425. The highest BCUT2D eigenvalue weighted by Crippen LogP contribution is 2.65. The van der Waals surface area contributed by atoms with Gasteiger partial charge >= 0.3 is 0 Å². The summed E-state index contributed by atoms with van der Waals surface area (Å²) in [6.07, 6.45) is 0. The molecule has 4 heterocycles. The van der Waals surface area contributed by atoms with Gasteiger partial charge in [-0.25, -0.2) is 0 Å². The van der Waals surface area contributed by atoms with E-state index in [2.05, 4.69) is 199 Å². The fraction of sp³-hybridized carbons (Fsp3) is 0.0847. The maximum atomic E-state index is 7.13. The lowest BCUT2D eigenvalue weighted by molar-refractivity contribution is 0.477. The van der Waals surface area contributed by atoms with E-state index in [1.54, 1.807) is 0 Å². The summed E-state index contributed by atoms with van der Waals surface area (Å²) >= 11 is 2.70. The molecule has 15 rings (SSSR count). The van der Waals surface area contributed by atoms with Gasteiger partial charge in [0.1, 0.15) is 22.3 Å². The molecule has 0 saturated carbocycles. The molecule has 0 spiro atoms. The molecule has 0 radical (unpaired) electrons. The smallest absolute Gasteiger partial charge is 0.151 e. The predicted molar refractivity (Wildman–Crippen MR) is 274 cm³/mol. The van der Waals surface area contributed by atoms with E-state index >= 15 is 0 Å².